The van der Waals surface area contributed by atoms with Crippen LogP contribution in [0, 0.1) is 6.92 Å². The smallest absolute Gasteiger partial charge is 0.188 e. The highest BCUT2D eigenvalue weighted by molar-refractivity contribution is 6.08. The van der Waals surface area contributed by atoms with E-state index in [0.29, 0.717) is 0 Å². The number of methoxy groups -OCH3 is 1. The molecule has 102 valence electrons. The Morgan fingerprint density at radius 1 is 1.16 bits per heavy atom. The fourth-order valence-electron chi connectivity index (χ4n) is 2.54. The van der Waals surface area contributed by atoms with Gasteiger partial charge in [-0.05, 0) is 49.8 Å². The van der Waals surface area contributed by atoms with Crippen molar-refractivity contribution in [3.8, 4) is 5.75 Å². The Labute approximate surface area is 115 Å². The molecule has 0 bridgehead atoms. The van der Waals surface area contributed by atoms with Crippen LogP contribution >= 0.6 is 0 Å². The Bertz CT molecular complexity index is 486. The van der Waals surface area contributed by atoms with Crippen molar-refractivity contribution < 1.29 is 9.53 Å². The van der Waals surface area contributed by atoms with Crippen LogP contribution in [0.25, 0.3) is 0 Å². The number of ketones is 1. The molecule has 2 heteroatoms. The van der Waals surface area contributed by atoms with Gasteiger partial charge >= 0.3 is 0 Å². The molecule has 2 nitrogen and oxygen atoms in total. The first kappa shape index (κ1) is 13.9. The summed E-state index contributed by atoms with van der Waals surface area (Å²) in [4.78, 5) is 12.5. The summed E-state index contributed by atoms with van der Waals surface area (Å²) in [6.45, 7) is 1.99. The zero-order valence-corrected chi connectivity index (χ0v) is 11.9. The third-order valence-corrected chi connectivity index (χ3v) is 3.75. The molecule has 0 aromatic heterocycles. The predicted molar refractivity (Wildman–Crippen MR) is 77.8 cm³/mol. The van der Waals surface area contributed by atoms with Crippen molar-refractivity contribution in [1.29, 1.82) is 0 Å². The van der Waals surface area contributed by atoms with Crippen molar-refractivity contribution in [1.82, 2.24) is 0 Å². The first-order valence-corrected chi connectivity index (χ1v) is 7.11. The van der Waals surface area contributed by atoms with E-state index >= 15 is 0 Å². The van der Waals surface area contributed by atoms with Gasteiger partial charge in [0, 0.05) is 5.56 Å². The zero-order chi connectivity index (χ0) is 13.7. The predicted octanol–water partition coefficient (Wildman–Crippen LogP) is 4.47. The third kappa shape index (κ3) is 3.46. The monoisotopic (exact) mass is 258 g/mol. The lowest BCUT2D eigenvalue weighted by Crippen LogP contribution is -2.06. The maximum atomic E-state index is 12.5. The van der Waals surface area contributed by atoms with Crippen molar-refractivity contribution >= 4 is 5.78 Å². The highest BCUT2D eigenvalue weighted by atomic mass is 16.5. The molecule has 0 atom stereocenters. The summed E-state index contributed by atoms with van der Waals surface area (Å²) < 4.78 is 5.30. The average Bonchev–Trinajstić information content (AvgIpc) is 2.38. The summed E-state index contributed by atoms with van der Waals surface area (Å²) in [5.74, 6) is 0.956. The number of aryl methyl sites for hydroxylation is 1. The topological polar surface area (TPSA) is 26.3 Å². The van der Waals surface area contributed by atoms with Crippen LogP contribution in [0.1, 0.15) is 54.4 Å². The Balaban J connectivity index is 2.22. The van der Waals surface area contributed by atoms with Gasteiger partial charge in [0.15, 0.2) is 5.78 Å². The molecule has 1 aromatic rings. The Hall–Kier alpha value is -1.57. The number of ether oxygens (including phenoxy) is 1. The van der Waals surface area contributed by atoms with Gasteiger partial charge in [-0.3, -0.25) is 4.79 Å². The first-order chi connectivity index (χ1) is 9.22. The van der Waals surface area contributed by atoms with Gasteiger partial charge in [0.25, 0.3) is 0 Å². The van der Waals surface area contributed by atoms with Gasteiger partial charge in [-0.2, -0.15) is 0 Å². The van der Waals surface area contributed by atoms with E-state index in [2.05, 4.69) is 6.08 Å². The van der Waals surface area contributed by atoms with E-state index in [4.69, 9.17) is 4.74 Å². The normalized spacial score (nSPS) is 18.9. The largest absolute Gasteiger partial charge is 0.496 e. The summed E-state index contributed by atoms with van der Waals surface area (Å²) in [5, 5.41) is 0. The van der Waals surface area contributed by atoms with Gasteiger partial charge in [-0.1, -0.05) is 31.1 Å². The fourth-order valence-corrected chi connectivity index (χ4v) is 2.54. The highest BCUT2D eigenvalue weighted by Crippen LogP contribution is 2.24. The number of carbonyl (C=O) groups is 1. The molecule has 0 N–H and O–H groups in total. The lowest BCUT2D eigenvalue weighted by molar-refractivity contribution is 0.102. The molecule has 0 saturated carbocycles. The van der Waals surface area contributed by atoms with Crippen LogP contribution in [0.4, 0.5) is 0 Å². The number of allylic oxidation sites excluding steroid dienone is 2. The van der Waals surface area contributed by atoms with E-state index in [1.54, 1.807) is 7.11 Å². The standard InChI is InChI=1S/C17H22O2/c1-13-10-11-15(12-16(13)19-2)17(18)14-8-6-4-3-5-7-9-14/h8,10-12H,3-7,9H2,1-2H3/b14-8+. The van der Waals surface area contributed by atoms with Crippen molar-refractivity contribution in [2.45, 2.75) is 45.4 Å². The molecule has 0 fully saturated rings. The van der Waals surface area contributed by atoms with Crippen LogP contribution in [0.2, 0.25) is 0 Å². The molecule has 0 radical (unpaired) electrons. The van der Waals surface area contributed by atoms with E-state index in [1.165, 1.54) is 19.3 Å². The van der Waals surface area contributed by atoms with E-state index in [9.17, 15) is 4.79 Å². The van der Waals surface area contributed by atoms with Crippen LogP contribution in [0.3, 0.4) is 0 Å². The van der Waals surface area contributed by atoms with Gasteiger partial charge in [0.2, 0.25) is 0 Å². The maximum absolute atomic E-state index is 12.5. The second kappa shape index (κ2) is 6.55. The number of rotatable bonds is 3. The minimum Gasteiger partial charge on any atom is -0.496 e. The minimum atomic E-state index is 0.167. The molecule has 0 saturated heterocycles. The number of benzene rings is 1. The van der Waals surface area contributed by atoms with E-state index in [0.717, 1.165) is 41.7 Å². The van der Waals surface area contributed by atoms with Crippen molar-refractivity contribution in [3.05, 3.63) is 41.0 Å². The minimum absolute atomic E-state index is 0.167. The number of hydrogen-bond donors (Lipinski definition) is 0. The van der Waals surface area contributed by atoms with Crippen molar-refractivity contribution in [2.24, 2.45) is 0 Å². The second-order valence-corrected chi connectivity index (χ2v) is 5.20. The van der Waals surface area contributed by atoms with Gasteiger partial charge in [0.05, 0.1) is 7.11 Å². The molecule has 2 rings (SSSR count). The quantitative estimate of drug-likeness (QED) is 0.748. The second-order valence-electron chi connectivity index (χ2n) is 5.20. The van der Waals surface area contributed by atoms with Crippen LogP contribution in [0.15, 0.2) is 29.8 Å². The molecule has 1 aliphatic carbocycles. The van der Waals surface area contributed by atoms with Crippen molar-refractivity contribution in [3.63, 3.8) is 0 Å². The zero-order valence-electron chi connectivity index (χ0n) is 11.9. The average molecular weight is 258 g/mol. The van der Waals surface area contributed by atoms with Crippen LogP contribution in [-0.2, 0) is 0 Å². The number of hydrogen-bond acceptors (Lipinski definition) is 2. The molecule has 0 unspecified atom stereocenters. The van der Waals surface area contributed by atoms with E-state index in [1.807, 2.05) is 25.1 Å². The number of carbonyl (C=O) groups excluding carboxylic acids is 1. The summed E-state index contributed by atoms with van der Waals surface area (Å²) in [6, 6.07) is 5.71. The summed E-state index contributed by atoms with van der Waals surface area (Å²) in [5.41, 5.74) is 2.78. The van der Waals surface area contributed by atoms with E-state index < -0.39 is 0 Å². The molecule has 0 amide bonds. The van der Waals surface area contributed by atoms with Crippen LogP contribution < -0.4 is 4.74 Å². The SMILES string of the molecule is COc1cc(C(=O)/C2=C/CCCCCC2)ccc1C. The molecule has 19 heavy (non-hydrogen) atoms. The molecular formula is C17H22O2. The Kier molecular flexibility index (Phi) is 4.78. The van der Waals surface area contributed by atoms with Gasteiger partial charge in [-0.25, -0.2) is 0 Å². The molecule has 0 spiro atoms. The molecular weight excluding hydrogens is 236 g/mol. The van der Waals surface area contributed by atoms with E-state index in [-0.39, 0.29) is 5.78 Å². The van der Waals surface area contributed by atoms with Gasteiger partial charge in [-0.15, -0.1) is 0 Å². The fraction of sp³-hybridized carbons (Fsp3) is 0.471. The third-order valence-electron chi connectivity index (χ3n) is 3.75. The highest BCUT2D eigenvalue weighted by Gasteiger charge is 2.14. The summed E-state index contributed by atoms with van der Waals surface area (Å²) in [7, 11) is 1.64. The molecule has 1 aromatic carbocycles. The lowest BCUT2D eigenvalue weighted by Gasteiger charge is -2.12. The van der Waals surface area contributed by atoms with Crippen molar-refractivity contribution in [2.75, 3.05) is 7.11 Å². The molecule has 0 aliphatic heterocycles. The summed E-state index contributed by atoms with van der Waals surface area (Å²) >= 11 is 0. The van der Waals surface area contributed by atoms with Crippen LogP contribution in [0.5, 0.6) is 5.75 Å². The Morgan fingerprint density at radius 2 is 1.95 bits per heavy atom. The Morgan fingerprint density at radius 3 is 2.74 bits per heavy atom. The summed E-state index contributed by atoms with van der Waals surface area (Å²) in [6.07, 6.45) is 8.93. The van der Waals surface area contributed by atoms with Crippen LogP contribution in [-0.4, -0.2) is 12.9 Å². The van der Waals surface area contributed by atoms with Gasteiger partial charge < -0.3 is 4.74 Å². The molecule has 1 aliphatic rings. The van der Waals surface area contributed by atoms with Gasteiger partial charge in [0.1, 0.15) is 5.75 Å². The first-order valence-electron chi connectivity index (χ1n) is 7.11. The lowest BCUT2D eigenvalue weighted by atomic mass is 9.93. The number of Topliss-reactive ketones (excluding diaryl/α,β-unsaturated/α-hetero) is 1. The maximum Gasteiger partial charge on any atom is 0.188 e. The molecule has 0 heterocycles.